The first-order valence-electron chi connectivity index (χ1n) is 8.23. The van der Waals surface area contributed by atoms with Gasteiger partial charge >= 0.3 is 0 Å². The maximum Gasteiger partial charge on any atom is 0.123 e. The van der Waals surface area contributed by atoms with Crippen LogP contribution in [0.4, 0.5) is 0 Å². The van der Waals surface area contributed by atoms with Gasteiger partial charge in [0.1, 0.15) is 5.82 Å². The normalized spacial score (nSPS) is 12.2. The van der Waals surface area contributed by atoms with Crippen LogP contribution in [0.5, 0.6) is 0 Å². The van der Waals surface area contributed by atoms with Gasteiger partial charge in [0, 0.05) is 28.1 Å². The molecule has 0 spiro atoms. The number of para-hydroxylation sites is 2. The number of fused-ring (bicyclic) bond motifs is 8. The van der Waals surface area contributed by atoms with Crippen LogP contribution in [-0.2, 0) is 0 Å². The number of hydrogen-bond acceptors (Lipinski definition) is 0. The molecule has 1 aliphatic rings. The van der Waals surface area contributed by atoms with Crippen LogP contribution in [-0.4, -0.2) is 9.55 Å². The van der Waals surface area contributed by atoms with Crippen molar-refractivity contribution in [2.45, 2.75) is 0 Å². The van der Waals surface area contributed by atoms with E-state index < -0.39 is 0 Å². The van der Waals surface area contributed by atoms with Gasteiger partial charge in [0.15, 0.2) is 0 Å². The van der Waals surface area contributed by atoms with Gasteiger partial charge in [-0.3, -0.25) is 4.57 Å². The second-order valence-corrected chi connectivity index (χ2v) is 6.34. The number of nitrogens with zero attached hydrogens (tertiary/aromatic N) is 1. The maximum atomic E-state index is 3.48. The lowest BCUT2D eigenvalue weighted by molar-refractivity contribution is 1.11. The Morgan fingerprint density at radius 1 is 0.583 bits per heavy atom. The van der Waals surface area contributed by atoms with Crippen molar-refractivity contribution in [2.24, 2.45) is 0 Å². The van der Waals surface area contributed by atoms with Gasteiger partial charge in [-0.15, -0.1) is 0 Å². The molecule has 0 unspecified atom stereocenters. The highest BCUT2D eigenvalue weighted by atomic mass is 15.1. The minimum Gasteiger partial charge on any atom is -0.347 e. The zero-order chi connectivity index (χ0) is 15.7. The highest BCUT2D eigenvalue weighted by Gasteiger charge is 2.24. The van der Waals surface area contributed by atoms with Crippen LogP contribution in [0.3, 0.4) is 0 Å². The molecule has 112 valence electrons. The second kappa shape index (κ2) is 4.18. The van der Waals surface area contributed by atoms with E-state index in [0.717, 1.165) is 5.82 Å². The first-order chi connectivity index (χ1) is 11.9. The van der Waals surface area contributed by atoms with E-state index in [2.05, 4.69) is 82.3 Å². The number of benzene rings is 3. The standard InChI is InChI=1S/C22H14N2/c1-2-7-15-14(6-1)17-9-5-10-18-16-8-3-4-11-20(16)24(21(17)18)22-19(15)12-13-23-22/h1-13,23H. The minimum absolute atomic E-state index is 1.15. The van der Waals surface area contributed by atoms with Crippen LogP contribution < -0.4 is 0 Å². The molecular formula is C22H14N2. The molecule has 3 aromatic carbocycles. The molecule has 0 saturated heterocycles. The summed E-state index contributed by atoms with van der Waals surface area (Å²) in [7, 11) is 0. The molecule has 2 heteroatoms. The fraction of sp³-hybridized carbons (Fsp3) is 0. The predicted octanol–water partition coefficient (Wildman–Crippen LogP) is 5.76. The molecule has 6 rings (SSSR count). The Morgan fingerprint density at radius 2 is 1.29 bits per heavy atom. The van der Waals surface area contributed by atoms with Crippen molar-refractivity contribution in [1.29, 1.82) is 0 Å². The number of hydrogen-bond donors (Lipinski definition) is 1. The Kier molecular flexibility index (Phi) is 2.12. The fourth-order valence-electron chi connectivity index (χ4n) is 4.18. The van der Waals surface area contributed by atoms with E-state index in [4.69, 9.17) is 0 Å². The summed E-state index contributed by atoms with van der Waals surface area (Å²) in [5, 5.41) is 2.61. The highest BCUT2D eigenvalue weighted by molar-refractivity contribution is 6.16. The fourth-order valence-corrected chi connectivity index (χ4v) is 4.18. The van der Waals surface area contributed by atoms with E-state index in [0.29, 0.717) is 0 Å². The Bertz CT molecular complexity index is 1250. The van der Waals surface area contributed by atoms with Gasteiger partial charge in [0.05, 0.1) is 11.0 Å². The van der Waals surface area contributed by atoms with Gasteiger partial charge in [-0.25, -0.2) is 0 Å². The molecule has 0 amide bonds. The van der Waals surface area contributed by atoms with Crippen molar-refractivity contribution in [3.05, 3.63) is 79.0 Å². The molecule has 1 aliphatic heterocycles. The smallest absolute Gasteiger partial charge is 0.123 e. The summed E-state index contributed by atoms with van der Waals surface area (Å²) in [5.74, 6) is 1.15. The highest BCUT2D eigenvalue weighted by Crippen LogP contribution is 2.45. The van der Waals surface area contributed by atoms with Crippen LogP contribution in [0.25, 0.3) is 49.9 Å². The number of H-pyrrole nitrogens is 1. The molecule has 2 aromatic heterocycles. The molecule has 1 N–H and O–H groups in total. The zero-order valence-corrected chi connectivity index (χ0v) is 13.0. The minimum atomic E-state index is 1.15. The molecule has 0 bridgehead atoms. The summed E-state index contributed by atoms with van der Waals surface area (Å²) in [4.78, 5) is 3.48. The van der Waals surface area contributed by atoms with Gasteiger partial charge in [-0.05, 0) is 23.3 Å². The van der Waals surface area contributed by atoms with Crippen molar-refractivity contribution in [2.75, 3.05) is 0 Å². The van der Waals surface area contributed by atoms with Crippen molar-refractivity contribution >= 4 is 21.8 Å². The predicted molar refractivity (Wildman–Crippen MR) is 99.6 cm³/mol. The van der Waals surface area contributed by atoms with E-state index in [1.807, 2.05) is 6.20 Å². The van der Waals surface area contributed by atoms with E-state index in [9.17, 15) is 0 Å². The average Bonchev–Trinajstić information content (AvgIpc) is 3.21. The van der Waals surface area contributed by atoms with E-state index >= 15 is 0 Å². The SMILES string of the molecule is c1ccc2c(c1)-c1cc[nH]c1-n1c3ccccc3c3cccc-2c31. The number of aromatic nitrogens is 2. The summed E-state index contributed by atoms with van der Waals surface area (Å²) in [5.41, 5.74) is 7.66. The van der Waals surface area contributed by atoms with Crippen molar-refractivity contribution < 1.29 is 0 Å². The summed E-state index contributed by atoms with van der Waals surface area (Å²) in [6, 6.07) is 26.2. The second-order valence-electron chi connectivity index (χ2n) is 6.34. The summed E-state index contributed by atoms with van der Waals surface area (Å²) in [6.07, 6.45) is 2.04. The molecule has 2 nitrogen and oxygen atoms in total. The number of rotatable bonds is 0. The van der Waals surface area contributed by atoms with Gasteiger partial charge in [0.25, 0.3) is 0 Å². The lowest BCUT2D eigenvalue weighted by Crippen LogP contribution is -1.94. The van der Waals surface area contributed by atoms with Crippen LogP contribution in [0.15, 0.2) is 79.0 Å². The lowest BCUT2D eigenvalue weighted by Gasteiger charge is -2.07. The molecule has 24 heavy (non-hydrogen) atoms. The Balaban J connectivity index is 1.99. The van der Waals surface area contributed by atoms with E-state index in [-0.39, 0.29) is 0 Å². The van der Waals surface area contributed by atoms with Gasteiger partial charge in [0.2, 0.25) is 0 Å². The third-order valence-electron chi connectivity index (χ3n) is 5.15. The van der Waals surface area contributed by atoms with Crippen LogP contribution in [0.2, 0.25) is 0 Å². The zero-order valence-electron chi connectivity index (χ0n) is 13.0. The Hall–Kier alpha value is -3.26. The molecule has 0 aliphatic carbocycles. The van der Waals surface area contributed by atoms with Crippen molar-refractivity contribution in [1.82, 2.24) is 9.55 Å². The van der Waals surface area contributed by atoms with Crippen LogP contribution in [0.1, 0.15) is 0 Å². The third kappa shape index (κ3) is 1.32. The van der Waals surface area contributed by atoms with E-state index in [1.54, 1.807) is 0 Å². The quantitative estimate of drug-likeness (QED) is 0.368. The molecule has 0 atom stereocenters. The summed E-state index contributed by atoms with van der Waals surface area (Å²) >= 11 is 0. The topological polar surface area (TPSA) is 20.7 Å². The molecule has 0 saturated carbocycles. The number of nitrogens with one attached hydrogen (secondary N) is 1. The third-order valence-corrected chi connectivity index (χ3v) is 5.15. The van der Waals surface area contributed by atoms with Crippen LogP contribution >= 0.6 is 0 Å². The monoisotopic (exact) mass is 306 g/mol. The first kappa shape index (κ1) is 12.2. The largest absolute Gasteiger partial charge is 0.347 e. The van der Waals surface area contributed by atoms with Crippen molar-refractivity contribution in [3.63, 3.8) is 0 Å². The van der Waals surface area contributed by atoms with Gasteiger partial charge < -0.3 is 4.98 Å². The van der Waals surface area contributed by atoms with Gasteiger partial charge in [-0.2, -0.15) is 0 Å². The molecule has 0 radical (unpaired) electrons. The number of aromatic amines is 1. The summed E-state index contributed by atoms with van der Waals surface area (Å²) in [6.45, 7) is 0. The molecule has 0 fully saturated rings. The van der Waals surface area contributed by atoms with E-state index in [1.165, 1.54) is 44.1 Å². The average molecular weight is 306 g/mol. The maximum absolute atomic E-state index is 3.48. The lowest BCUT2D eigenvalue weighted by atomic mass is 9.95. The first-order valence-corrected chi connectivity index (χ1v) is 8.23. The summed E-state index contributed by atoms with van der Waals surface area (Å²) < 4.78 is 2.38. The van der Waals surface area contributed by atoms with Crippen LogP contribution in [0, 0.1) is 0 Å². The molecule has 5 aromatic rings. The Morgan fingerprint density at radius 3 is 2.21 bits per heavy atom. The molecule has 3 heterocycles. The van der Waals surface area contributed by atoms with Crippen molar-refractivity contribution in [3.8, 4) is 28.1 Å². The molecular weight excluding hydrogens is 292 g/mol. The Labute approximate surface area is 139 Å². The van der Waals surface area contributed by atoms with Gasteiger partial charge in [-0.1, -0.05) is 60.7 Å².